The third-order valence-electron chi connectivity index (χ3n) is 2.80. The molecular formula is C15H20N2S. The Bertz CT molecular complexity index is 509. The Hall–Kier alpha value is -1.19. The molecule has 0 atom stereocenters. The minimum atomic E-state index is 0.0774. The minimum absolute atomic E-state index is 0.0774. The van der Waals surface area contributed by atoms with Crippen LogP contribution in [0.3, 0.4) is 0 Å². The SMILES string of the molecule is CC(C)(C)c1nc(-c2ccccc2)sc1CCN. The summed E-state index contributed by atoms with van der Waals surface area (Å²) in [5, 5.41) is 1.10. The fourth-order valence-electron chi connectivity index (χ4n) is 1.94. The zero-order valence-corrected chi connectivity index (χ0v) is 12.1. The molecule has 0 aliphatic carbocycles. The largest absolute Gasteiger partial charge is 0.330 e. The van der Waals surface area contributed by atoms with Crippen LogP contribution in [0.1, 0.15) is 31.3 Å². The van der Waals surface area contributed by atoms with E-state index in [-0.39, 0.29) is 5.41 Å². The number of hydrogen-bond donors (Lipinski definition) is 1. The molecule has 0 amide bonds. The molecule has 1 aromatic carbocycles. The van der Waals surface area contributed by atoms with Crippen molar-refractivity contribution < 1.29 is 0 Å². The number of thiazole rings is 1. The van der Waals surface area contributed by atoms with E-state index < -0.39 is 0 Å². The molecule has 0 bridgehead atoms. The topological polar surface area (TPSA) is 38.9 Å². The number of hydrogen-bond acceptors (Lipinski definition) is 3. The van der Waals surface area contributed by atoms with Crippen LogP contribution >= 0.6 is 11.3 Å². The molecule has 1 heterocycles. The summed E-state index contributed by atoms with van der Waals surface area (Å²) in [5.74, 6) is 0. The quantitative estimate of drug-likeness (QED) is 0.915. The van der Waals surface area contributed by atoms with Crippen molar-refractivity contribution in [2.24, 2.45) is 5.73 Å². The summed E-state index contributed by atoms with van der Waals surface area (Å²) in [4.78, 5) is 6.16. The van der Waals surface area contributed by atoms with Gasteiger partial charge in [0.15, 0.2) is 0 Å². The number of benzene rings is 1. The summed E-state index contributed by atoms with van der Waals surface area (Å²) in [6.07, 6.45) is 0.914. The molecule has 3 heteroatoms. The molecule has 2 N–H and O–H groups in total. The molecule has 0 spiro atoms. The monoisotopic (exact) mass is 260 g/mol. The van der Waals surface area contributed by atoms with Crippen LogP contribution in [0.4, 0.5) is 0 Å². The second-order valence-electron chi connectivity index (χ2n) is 5.45. The summed E-state index contributed by atoms with van der Waals surface area (Å²) < 4.78 is 0. The van der Waals surface area contributed by atoms with Crippen molar-refractivity contribution in [3.63, 3.8) is 0 Å². The first kappa shape index (κ1) is 13.2. The lowest BCUT2D eigenvalue weighted by Crippen LogP contribution is -2.15. The molecule has 0 saturated heterocycles. The van der Waals surface area contributed by atoms with E-state index in [0.717, 1.165) is 11.4 Å². The van der Waals surface area contributed by atoms with Crippen LogP contribution < -0.4 is 5.73 Å². The predicted molar refractivity (Wildman–Crippen MR) is 79.0 cm³/mol. The van der Waals surface area contributed by atoms with Gasteiger partial charge in [-0.2, -0.15) is 0 Å². The lowest BCUT2D eigenvalue weighted by atomic mass is 9.91. The van der Waals surface area contributed by atoms with Gasteiger partial charge in [-0.15, -0.1) is 11.3 Å². The maximum absolute atomic E-state index is 5.70. The summed E-state index contributed by atoms with van der Waals surface area (Å²) >= 11 is 1.77. The highest BCUT2D eigenvalue weighted by Gasteiger charge is 2.23. The van der Waals surface area contributed by atoms with Gasteiger partial charge in [-0.1, -0.05) is 51.1 Å². The molecule has 0 aliphatic heterocycles. The first-order valence-corrected chi connectivity index (χ1v) is 7.09. The van der Waals surface area contributed by atoms with Gasteiger partial charge in [0.25, 0.3) is 0 Å². The zero-order chi connectivity index (χ0) is 13.2. The highest BCUT2D eigenvalue weighted by molar-refractivity contribution is 7.15. The Morgan fingerprint density at radius 3 is 2.39 bits per heavy atom. The van der Waals surface area contributed by atoms with Crippen LogP contribution in [0.25, 0.3) is 10.6 Å². The second kappa shape index (κ2) is 5.21. The fourth-order valence-corrected chi connectivity index (χ4v) is 3.24. The fraction of sp³-hybridized carbons (Fsp3) is 0.400. The Labute approximate surface area is 113 Å². The van der Waals surface area contributed by atoms with E-state index >= 15 is 0 Å². The average molecular weight is 260 g/mol. The van der Waals surface area contributed by atoms with Crippen LogP contribution in [0.5, 0.6) is 0 Å². The molecule has 18 heavy (non-hydrogen) atoms. The molecular weight excluding hydrogens is 240 g/mol. The number of nitrogens with two attached hydrogens (primary N) is 1. The average Bonchev–Trinajstić information content (AvgIpc) is 2.75. The van der Waals surface area contributed by atoms with E-state index in [0.29, 0.717) is 6.54 Å². The number of nitrogens with zero attached hydrogens (tertiary/aromatic N) is 1. The van der Waals surface area contributed by atoms with E-state index in [2.05, 4.69) is 45.0 Å². The van der Waals surface area contributed by atoms with Crippen molar-refractivity contribution in [3.8, 4) is 10.6 Å². The maximum Gasteiger partial charge on any atom is 0.123 e. The van der Waals surface area contributed by atoms with E-state index in [9.17, 15) is 0 Å². The van der Waals surface area contributed by atoms with E-state index in [1.54, 1.807) is 11.3 Å². The Balaban J connectivity index is 2.46. The number of aromatic nitrogens is 1. The van der Waals surface area contributed by atoms with Crippen molar-refractivity contribution in [2.75, 3.05) is 6.54 Å². The van der Waals surface area contributed by atoms with Crippen molar-refractivity contribution in [2.45, 2.75) is 32.6 Å². The minimum Gasteiger partial charge on any atom is -0.330 e. The zero-order valence-electron chi connectivity index (χ0n) is 11.2. The molecule has 0 unspecified atom stereocenters. The predicted octanol–water partition coefficient (Wildman–Crippen LogP) is 3.61. The normalized spacial score (nSPS) is 11.8. The van der Waals surface area contributed by atoms with Gasteiger partial charge in [0.05, 0.1) is 5.69 Å². The highest BCUT2D eigenvalue weighted by Crippen LogP contribution is 2.34. The maximum atomic E-state index is 5.70. The van der Waals surface area contributed by atoms with Crippen molar-refractivity contribution in [1.82, 2.24) is 4.98 Å². The van der Waals surface area contributed by atoms with Gasteiger partial charge in [0.1, 0.15) is 5.01 Å². The van der Waals surface area contributed by atoms with E-state index in [1.165, 1.54) is 16.1 Å². The third kappa shape index (κ3) is 2.79. The van der Waals surface area contributed by atoms with Gasteiger partial charge in [-0.05, 0) is 13.0 Å². The van der Waals surface area contributed by atoms with Crippen molar-refractivity contribution >= 4 is 11.3 Å². The second-order valence-corrected chi connectivity index (χ2v) is 6.53. The van der Waals surface area contributed by atoms with Crippen LogP contribution in [0.2, 0.25) is 0 Å². The molecule has 2 nitrogen and oxygen atoms in total. The molecule has 2 rings (SSSR count). The van der Waals surface area contributed by atoms with Gasteiger partial charge in [0, 0.05) is 15.9 Å². The van der Waals surface area contributed by atoms with Crippen LogP contribution in [-0.2, 0) is 11.8 Å². The van der Waals surface area contributed by atoms with Crippen molar-refractivity contribution in [3.05, 3.63) is 40.9 Å². The smallest absolute Gasteiger partial charge is 0.123 e. The first-order chi connectivity index (χ1) is 8.52. The lowest BCUT2D eigenvalue weighted by Gasteiger charge is -2.17. The summed E-state index contributed by atoms with van der Waals surface area (Å²) in [5.41, 5.74) is 8.16. The molecule has 96 valence electrons. The third-order valence-corrected chi connectivity index (χ3v) is 3.96. The highest BCUT2D eigenvalue weighted by atomic mass is 32.1. The molecule has 0 fully saturated rings. The van der Waals surface area contributed by atoms with Gasteiger partial charge in [-0.25, -0.2) is 4.98 Å². The van der Waals surface area contributed by atoms with E-state index in [1.807, 2.05) is 6.07 Å². The van der Waals surface area contributed by atoms with E-state index in [4.69, 9.17) is 10.7 Å². The van der Waals surface area contributed by atoms with Crippen LogP contribution in [0.15, 0.2) is 30.3 Å². The van der Waals surface area contributed by atoms with Gasteiger partial charge >= 0.3 is 0 Å². The van der Waals surface area contributed by atoms with Crippen molar-refractivity contribution in [1.29, 1.82) is 0 Å². The molecule has 0 radical (unpaired) electrons. The number of rotatable bonds is 3. The summed E-state index contributed by atoms with van der Waals surface area (Å²) in [7, 11) is 0. The Morgan fingerprint density at radius 2 is 1.83 bits per heavy atom. The van der Waals surface area contributed by atoms with Crippen LogP contribution in [0, 0.1) is 0 Å². The molecule has 0 saturated carbocycles. The summed E-state index contributed by atoms with van der Waals surface area (Å²) in [6, 6.07) is 10.4. The first-order valence-electron chi connectivity index (χ1n) is 6.28. The Kier molecular flexibility index (Phi) is 3.83. The lowest BCUT2D eigenvalue weighted by molar-refractivity contribution is 0.566. The van der Waals surface area contributed by atoms with Gasteiger partial charge < -0.3 is 5.73 Å². The molecule has 1 aromatic heterocycles. The standard InChI is InChI=1S/C15H20N2S/c1-15(2,3)13-12(9-10-16)18-14(17-13)11-7-5-4-6-8-11/h4-8H,9-10,16H2,1-3H3. The molecule has 2 aromatic rings. The van der Waals surface area contributed by atoms with Gasteiger partial charge in [0.2, 0.25) is 0 Å². The Morgan fingerprint density at radius 1 is 1.17 bits per heavy atom. The van der Waals surface area contributed by atoms with Crippen LogP contribution in [-0.4, -0.2) is 11.5 Å². The molecule has 0 aliphatic rings. The summed E-state index contributed by atoms with van der Waals surface area (Å²) in [6.45, 7) is 7.30. The van der Waals surface area contributed by atoms with Gasteiger partial charge in [-0.3, -0.25) is 0 Å².